The summed E-state index contributed by atoms with van der Waals surface area (Å²) < 4.78 is 6.03. The lowest BCUT2D eigenvalue weighted by molar-refractivity contribution is 0.0971. The summed E-state index contributed by atoms with van der Waals surface area (Å²) in [5, 5.41) is 11.0. The number of aromatic nitrogens is 1. The number of aryl methyl sites for hydroxylation is 4. The number of amides is 1. The van der Waals surface area contributed by atoms with Gasteiger partial charge in [-0.25, -0.2) is 4.98 Å². The van der Waals surface area contributed by atoms with Crippen LogP contribution in [-0.4, -0.2) is 16.0 Å². The van der Waals surface area contributed by atoms with E-state index in [1.54, 1.807) is 36.4 Å². The molecular weight excluding hydrogens is 412 g/mol. The minimum Gasteiger partial charge on any atom is -0.508 e. The molecule has 1 atom stereocenters. The van der Waals surface area contributed by atoms with Gasteiger partial charge in [-0.2, -0.15) is 0 Å². The highest BCUT2D eigenvalue weighted by atomic mass is 32.1. The van der Waals surface area contributed by atoms with Crippen molar-refractivity contribution in [2.75, 3.05) is 4.90 Å². The van der Waals surface area contributed by atoms with Crippen LogP contribution in [0.15, 0.2) is 45.6 Å². The number of benzene rings is 2. The lowest BCUT2D eigenvalue weighted by Crippen LogP contribution is -2.29. The molecule has 0 bridgehead atoms. The van der Waals surface area contributed by atoms with Gasteiger partial charge in [0.15, 0.2) is 10.6 Å². The van der Waals surface area contributed by atoms with Crippen LogP contribution in [0.4, 0.5) is 5.13 Å². The van der Waals surface area contributed by atoms with Gasteiger partial charge in [-0.05, 0) is 68.7 Å². The third-order valence-corrected chi connectivity index (χ3v) is 6.97. The van der Waals surface area contributed by atoms with Crippen LogP contribution < -0.4 is 10.3 Å². The highest BCUT2D eigenvalue weighted by Gasteiger charge is 2.45. The van der Waals surface area contributed by atoms with Gasteiger partial charge in [-0.3, -0.25) is 14.5 Å². The maximum atomic E-state index is 13.6. The fourth-order valence-corrected chi connectivity index (χ4v) is 4.93. The van der Waals surface area contributed by atoms with Crippen molar-refractivity contribution in [2.45, 2.75) is 33.7 Å². The lowest BCUT2D eigenvalue weighted by atomic mass is 9.97. The largest absolute Gasteiger partial charge is 0.508 e. The molecule has 2 aromatic carbocycles. The maximum absolute atomic E-state index is 13.6. The number of aromatic hydroxyl groups is 1. The molecule has 3 heterocycles. The van der Waals surface area contributed by atoms with E-state index in [1.807, 2.05) is 27.7 Å². The third-order valence-electron chi connectivity index (χ3n) is 5.90. The standard InChI is InChI=1S/C24H20N2O4S/c1-11-8-17-18(9-12(11)2)30-22-19(21(17)28)20(15-6-5-7-16(27)10-15)26(23(22)29)24-25-13(3)14(4)31-24/h5-10,20,27H,1-4H3. The molecule has 0 aliphatic carbocycles. The van der Waals surface area contributed by atoms with E-state index in [-0.39, 0.29) is 22.5 Å². The summed E-state index contributed by atoms with van der Waals surface area (Å²) in [6.07, 6.45) is 0. The fourth-order valence-electron chi connectivity index (χ4n) is 3.99. The van der Waals surface area contributed by atoms with Gasteiger partial charge in [-0.1, -0.05) is 12.1 Å². The zero-order valence-electron chi connectivity index (χ0n) is 17.5. The Labute approximate surface area is 182 Å². The van der Waals surface area contributed by atoms with Gasteiger partial charge in [0.1, 0.15) is 11.3 Å². The van der Waals surface area contributed by atoms with E-state index in [1.165, 1.54) is 16.2 Å². The van der Waals surface area contributed by atoms with Crippen molar-refractivity contribution in [3.63, 3.8) is 0 Å². The predicted molar refractivity (Wildman–Crippen MR) is 120 cm³/mol. The minimum absolute atomic E-state index is 0.0274. The number of carbonyl (C=O) groups is 1. The Morgan fingerprint density at radius 1 is 1.06 bits per heavy atom. The number of thiazole rings is 1. The number of anilines is 1. The first-order valence-electron chi connectivity index (χ1n) is 9.90. The molecule has 1 amide bonds. The van der Waals surface area contributed by atoms with Gasteiger partial charge < -0.3 is 9.52 Å². The summed E-state index contributed by atoms with van der Waals surface area (Å²) in [4.78, 5) is 34.2. The Kier molecular flexibility index (Phi) is 4.27. The summed E-state index contributed by atoms with van der Waals surface area (Å²) in [5.74, 6) is -0.324. The lowest BCUT2D eigenvalue weighted by Gasteiger charge is -2.22. The van der Waals surface area contributed by atoms with Crippen molar-refractivity contribution >= 4 is 33.3 Å². The second-order valence-corrected chi connectivity index (χ2v) is 9.10. The van der Waals surface area contributed by atoms with Crippen LogP contribution in [0.3, 0.4) is 0 Å². The van der Waals surface area contributed by atoms with E-state index in [2.05, 4.69) is 4.98 Å². The van der Waals surface area contributed by atoms with Gasteiger partial charge in [-0.15, -0.1) is 11.3 Å². The van der Waals surface area contributed by atoms with Crippen molar-refractivity contribution in [1.29, 1.82) is 0 Å². The second-order valence-electron chi connectivity index (χ2n) is 7.92. The van der Waals surface area contributed by atoms with E-state index >= 15 is 0 Å². The summed E-state index contributed by atoms with van der Waals surface area (Å²) in [6, 6.07) is 9.47. The first kappa shape index (κ1) is 19.5. The van der Waals surface area contributed by atoms with E-state index in [0.29, 0.717) is 21.7 Å². The first-order chi connectivity index (χ1) is 14.8. The first-order valence-corrected chi connectivity index (χ1v) is 10.7. The van der Waals surface area contributed by atoms with Crippen LogP contribution in [0.1, 0.15) is 49.4 Å². The zero-order valence-corrected chi connectivity index (χ0v) is 18.3. The van der Waals surface area contributed by atoms with Crippen molar-refractivity contribution in [1.82, 2.24) is 4.98 Å². The maximum Gasteiger partial charge on any atom is 0.297 e. The average molecular weight is 433 g/mol. The number of hydrogen-bond donors (Lipinski definition) is 1. The predicted octanol–water partition coefficient (Wildman–Crippen LogP) is 4.94. The molecule has 0 saturated carbocycles. The van der Waals surface area contributed by atoms with Gasteiger partial charge in [0.05, 0.1) is 22.7 Å². The molecule has 1 unspecified atom stereocenters. The smallest absolute Gasteiger partial charge is 0.297 e. The molecule has 0 saturated heterocycles. The molecule has 5 rings (SSSR count). The summed E-state index contributed by atoms with van der Waals surface area (Å²) >= 11 is 1.39. The normalized spacial score (nSPS) is 15.7. The van der Waals surface area contributed by atoms with Crippen molar-refractivity contribution in [2.24, 2.45) is 0 Å². The van der Waals surface area contributed by atoms with Crippen LogP contribution in [0.25, 0.3) is 11.0 Å². The number of hydrogen-bond acceptors (Lipinski definition) is 6. The number of phenols is 1. The third kappa shape index (κ3) is 2.88. The monoisotopic (exact) mass is 432 g/mol. The summed E-state index contributed by atoms with van der Waals surface area (Å²) in [5.41, 5.74) is 3.82. The molecule has 31 heavy (non-hydrogen) atoms. The highest BCUT2D eigenvalue weighted by Crippen LogP contribution is 2.43. The summed E-state index contributed by atoms with van der Waals surface area (Å²) in [7, 11) is 0. The Morgan fingerprint density at radius 3 is 2.48 bits per heavy atom. The molecule has 2 aromatic heterocycles. The second kappa shape index (κ2) is 6.78. The molecule has 1 N–H and O–H groups in total. The van der Waals surface area contributed by atoms with E-state index in [9.17, 15) is 14.7 Å². The van der Waals surface area contributed by atoms with Crippen molar-refractivity contribution < 1.29 is 14.3 Å². The molecule has 0 spiro atoms. The number of rotatable bonds is 2. The van der Waals surface area contributed by atoms with E-state index in [4.69, 9.17) is 4.42 Å². The Bertz CT molecular complexity index is 1430. The van der Waals surface area contributed by atoms with Gasteiger partial charge in [0, 0.05) is 4.88 Å². The molecule has 1 aliphatic rings. The topological polar surface area (TPSA) is 83.6 Å². The number of carbonyl (C=O) groups excluding carboxylic acids is 1. The number of nitrogens with zero attached hydrogens (tertiary/aromatic N) is 2. The Balaban J connectivity index is 1.84. The van der Waals surface area contributed by atoms with Gasteiger partial charge >= 0.3 is 0 Å². The van der Waals surface area contributed by atoms with Crippen molar-refractivity contribution in [3.05, 3.63) is 85.2 Å². The van der Waals surface area contributed by atoms with Crippen LogP contribution in [0.2, 0.25) is 0 Å². The van der Waals surface area contributed by atoms with E-state index < -0.39 is 11.9 Å². The quantitative estimate of drug-likeness (QED) is 0.485. The fraction of sp³-hybridized carbons (Fsp3) is 0.208. The van der Waals surface area contributed by atoms with Crippen LogP contribution >= 0.6 is 11.3 Å². The molecule has 156 valence electrons. The molecule has 0 radical (unpaired) electrons. The number of fused-ring (bicyclic) bond motifs is 2. The van der Waals surface area contributed by atoms with Crippen LogP contribution in [0.5, 0.6) is 5.75 Å². The molecular formula is C24H20N2O4S. The molecule has 7 heteroatoms. The summed E-state index contributed by atoms with van der Waals surface area (Å²) in [6.45, 7) is 7.70. The Hall–Kier alpha value is -3.45. The SMILES string of the molecule is Cc1cc2oc3c(c(=O)c2cc1C)C(c1cccc(O)c1)N(c1nc(C)c(C)s1)C3=O. The average Bonchev–Trinajstić information content (AvgIpc) is 3.20. The number of phenolic OH excluding ortho intramolecular Hbond substituents is 1. The molecule has 6 nitrogen and oxygen atoms in total. The van der Waals surface area contributed by atoms with Crippen LogP contribution in [0, 0.1) is 27.7 Å². The molecule has 4 aromatic rings. The molecule has 0 fully saturated rings. The zero-order chi connectivity index (χ0) is 22.0. The minimum atomic E-state index is -0.734. The van der Waals surface area contributed by atoms with Crippen LogP contribution in [-0.2, 0) is 0 Å². The van der Waals surface area contributed by atoms with Gasteiger partial charge in [0.25, 0.3) is 5.91 Å². The molecule has 1 aliphatic heterocycles. The highest BCUT2D eigenvalue weighted by molar-refractivity contribution is 7.15. The van der Waals surface area contributed by atoms with Gasteiger partial charge in [0.2, 0.25) is 5.76 Å². The van der Waals surface area contributed by atoms with Crippen molar-refractivity contribution in [3.8, 4) is 5.75 Å². The van der Waals surface area contributed by atoms with E-state index in [0.717, 1.165) is 21.7 Å². The Morgan fingerprint density at radius 2 is 1.81 bits per heavy atom.